The Morgan fingerprint density at radius 2 is 2.06 bits per heavy atom. The molecule has 0 unspecified atom stereocenters. The van der Waals surface area contributed by atoms with Crippen LogP contribution in [-0.2, 0) is 0 Å². The maximum Gasteiger partial charge on any atom is 0.160 e. The quantitative estimate of drug-likeness (QED) is 0.786. The van der Waals surface area contributed by atoms with Gasteiger partial charge in [0.25, 0.3) is 0 Å². The first kappa shape index (κ1) is 10.9. The second kappa shape index (κ2) is 3.75. The smallest absolute Gasteiger partial charge is 0.160 e. The minimum absolute atomic E-state index is 0.278. The number of hydrogen-bond donors (Lipinski definition) is 0. The second-order valence-electron chi connectivity index (χ2n) is 4.35. The van der Waals surface area contributed by atoms with Gasteiger partial charge in [-0.25, -0.2) is 8.78 Å². The Labute approximate surface area is 93.1 Å². The lowest BCUT2D eigenvalue weighted by Crippen LogP contribution is -2.25. The fourth-order valence-corrected chi connectivity index (χ4v) is 1.72. The van der Waals surface area contributed by atoms with Crippen LogP contribution in [0, 0.1) is 28.4 Å². The molecule has 1 saturated carbocycles. The average Bonchev–Trinajstić information content (AvgIpc) is 3.02. The maximum absolute atomic E-state index is 13.0. The average molecular weight is 222 g/mol. The molecular weight excluding hydrogens is 210 g/mol. The van der Waals surface area contributed by atoms with Gasteiger partial charge in [-0.2, -0.15) is 5.26 Å². The summed E-state index contributed by atoms with van der Waals surface area (Å²) in [6.07, 6.45) is 1.77. The number of anilines is 1. The summed E-state index contributed by atoms with van der Waals surface area (Å²) in [6.45, 7) is 0.564. The monoisotopic (exact) mass is 222 g/mol. The Kier molecular flexibility index (Phi) is 2.55. The van der Waals surface area contributed by atoms with E-state index in [0.29, 0.717) is 12.2 Å². The lowest BCUT2D eigenvalue weighted by atomic mass is 10.1. The van der Waals surface area contributed by atoms with E-state index in [2.05, 4.69) is 6.07 Å². The zero-order chi connectivity index (χ0) is 11.8. The van der Waals surface area contributed by atoms with Crippen molar-refractivity contribution in [2.24, 2.45) is 5.41 Å². The Morgan fingerprint density at radius 1 is 1.38 bits per heavy atom. The molecule has 16 heavy (non-hydrogen) atoms. The van der Waals surface area contributed by atoms with Crippen molar-refractivity contribution in [1.82, 2.24) is 0 Å². The van der Waals surface area contributed by atoms with E-state index in [0.717, 1.165) is 25.0 Å². The van der Waals surface area contributed by atoms with Crippen molar-refractivity contribution in [2.75, 3.05) is 18.5 Å². The summed E-state index contributed by atoms with van der Waals surface area (Å²) in [7, 11) is 1.78. The highest BCUT2D eigenvalue weighted by Gasteiger charge is 2.44. The van der Waals surface area contributed by atoms with Crippen LogP contribution in [0.2, 0.25) is 0 Å². The van der Waals surface area contributed by atoms with Crippen LogP contribution in [0.15, 0.2) is 18.2 Å². The maximum atomic E-state index is 13.0. The van der Waals surface area contributed by atoms with Gasteiger partial charge in [-0.15, -0.1) is 0 Å². The highest BCUT2D eigenvalue weighted by Crippen LogP contribution is 2.45. The molecule has 0 heterocycles. The van der Waals surface area contributed by atoms with Crippen LogP contribution >= 0.6 is 0 Å². The third-order valence-electron chi connectivity index (χ3n) is 2.97. The van der Waals surface area contributed by atoms with Crippen molar-refractivity contribution in [2.45, 2.75) is 12.8 Å². The van der Waals surface area contributed by atoms with Gasteiger partial charge in [-0.1, -0.05) is 0 Å². The van der Waals surface area contributed by atoms with Crippen molar-refractivity contribution >= 4 is 5.69 Å². The molecule has 2 rings (SSSR count). The standard InChI is InChI=1S/C12H12F2N2/c1-16(8-12(7-15)4-5-12)9-2-3-10(13)11(14)6-9/h2-3,6H,4-5,8H2,1H3. The van der Waals surface area contributed by atoms with Gasteiger partial charge in [0.1, 0.15) is 0 Å². The van der Waals surface area contributed by atoms with Crippen LogP contribution < -0.4 is 4.90 Å². The van der Waals surface area contributed by atoms with Crippen molar-refractivity contribution < 1.29 is 8.78 Å². The molecule has 0 radical (unpaired) electrons. The van der Waals surface area contributed by atoms with Crippen molar-refractivity contribution in [3.8, 4) is 6.07 Å². The van der Waals surface area contributed by atoms with Crippen LogP contribution in [0.25, 0.3) is 0 Å². The largest absolute Gasteiger partial charge is 0.373 e. The van der Waals surface area contributed by atoms with E-state index in [4.69, 9.17) is 5.26 Å². The molecule has 0 saturated heterocycles. The first-order valence-electron chi connectivity index (χ1n) is 5.14. The van der Waals surface area contributed by atoms with E-state index in [1.807, 2.05) is 0 Å². The molecule has 2 nitrogen and oxygen atoms in total. The Balaban J connectivity index is 2.12. The molecule has 0 bridgehead atoms. The minimum atomic E-state index is -0.855. The SMILES string of the molecule is CN(CC1(C#N)CC1)c1ccc(F)c(F)c1. The number of nitriles is 1. The number of nitrogens with zero attached hydrogens (tertiary/aromatic N) is 2. The Morgan fingerprint density at radius 3 is 2.56 bits per heavy atom. The van der Waals surface area contributed by atoms with E-state index in [-0.39, 0.29) is 5.41 Å². The van der Waals surface area contributed by atoms with Crippen molar-refractivity contribution in [3.05, 3.63) is 29.8 Å². The summed E-state index contributed by atoms with van der Waals surface area (Å²) in [5.74, 6) is -1.70. The first-order valence-corrected chi connectivity index (χ1v) is 5.14. The summed E-state index contributed by atoms with van der Waals surface area (Å²) in [4.78, 5) is 1.79. The second-order valence-corrected chi connectivity index (χ2v) is 4.35. The lowest BCUT2D eigenvalue weighted by Gasteiger charge is -2.21. The Bertz CT molecular complexity index is 447. The fraction of sp³-hybridized carbons (Fsp3) is 0.417. The number of benzene rings is 1. The molecule has 0 spiro atoms. The summed E-state index contributed by atoms with van der Waals surface area (Å²) in [5, 5.41) is 8.94. The molecule has 1 aromatic rings. The van der Waals surface area contributed by atoms with E-state index in [1.165, 1.54) is 6.07 Å². The molecule has 1 aromatic carbocycles. The summed E-state index contributed by atoms with van der Waals surface area (Å²) >= 11 is 0. The van der Waals surface area contributed by atoms with Gasteiger partial charge < -0.3 is 4.90 Å². The van der Waals surface area contributed by atoms with Gasteiger partial charge in [-0.3, -0.25) is 0 Å². The van der Waals surface area contributed by atoms with Gasteiger partial charge >= 0.3 is 0 Å². The summed E-state index contributed by atoms with van der Waals surface area (Å²) < 4.78 is 25.7. The molecule has 0 atom stereocenters. The molecule has 0 aliphatic heterocycles. The fourth-order valence-electron chi connectivity index (χ4n) is 1.72. The molecule has 0 aromatic heterocycles. The lowest BCUT2D eigenvalue weighted by molar-refractivity contribution is 0.508. The highest BCUT2D eigenvalue weighted by atomic mass is 19.2. The van der Waals surface area contributed by atoms with E-state index < -0.39 is 11.6 Å². The van der Waals surface area contributed by atoms with E-state index in [9.17, 15) is 8.78 Å². The van der Waals surface area contributed by atoms with Crippen molar-refractivity contribution in [3.63, 3.8) is 0 Å². The molecule has 84 valence electrons. The molecule has 1 aliphatic rings. The number of halogens is 2. The number of rotatable bonds is 3. The van der Waals surface area contributed by atoms with Crippen LogP contribution in [0.4, 0.5) is 14.5 Å². The van der Waals surface area contributed by atoms with E-state index in [1.54, 1.807) is 11.9 Å². The normalized spacial score (nSPS) is 16.6. The zero-order valence-electron chi connectivity index (χ0n) is 9.00. The molecule has 0 amide bonds. The van der Waals surface area contributed by atoms with Crippen LogP contribution in [0.1, 0.15) is 12.8 Å². The topological polar surface area (TPSA) is 27.0 Å². The predicted molar refractivity (Wildman–Crippen MR) is 56.9 cm³/mol. The van der Waals surface area contributed by atoms with Crippen molar-refractivity contribution in [1.29, 1.82) is 5.26 Å². The highest BCUT2D eigenvalue weighted by molar-refractivity contribution is 5.47. The van der Waals surface area contributed by atoms with Gasteiger partial charge in [0.05, 0.1) is 11.5 Å². The van der Waals surface area contributed by atoms with E-state index >= 15 is 0 Å². The van der Waals surface area contributed by atoms with Gasteiger partial charge in [0.15, 0.2) is 11.6 Å². The number of hydrogen-bond acceptors (Lipinski definition) is 2. The molecular formula is C12H12F2N2. The van der Waals surface area contributed by atoms with Crippen LogP contribution in [0.3, 0.4) is 0 Å². The first-order chi connectivity index (χ1) is 7.56. The summed E-state index contributed by atoms with van der Waals surface area (Å²) in [5.41, 5.74) is 0.319. The zero-order valence-corrected chi connectivity index (χ0v) is 9.00. The molecule has 1 aliphatic carbocycles. The molecule has 0 N–H and O–H groups in total. The van der Waals surface area contributed by atoms with Gasteiger partial charge in [0, 0.05) is 25.3 Å². The van der Waals surface area contributed by atoms with Crippen LogP contribution in [0.5, 0.6) is 0 Å². The van der Waals surface area contributed by atoms with Gasteiger partial charge in [-0.05, 0) is 25.0 Å². The third kappa shape index (κ3) is 1.99. The third-order valence-corrected chi connectivity index (χ3v) is 2.97. The van der Waals surface area contributed by atoms with Gasteiger partial charge in [0.2, 0.25) is 0 Å². The molecule has 1 fully saturated rings. The summed E-state index contributed by atoms with van der Waals surface area (Å²) in [6, 6.07) is 6.05. The molecule has 4 heteroatoms. The Hall–Kier alpha value is -1.63. The predicted octanol–water partition coefficient (Wildman–Crippen LogP) is 2.70. The van der Waals surface area contributed by atoms with Crippen LogP contribution in [-0.4, -0.2) is 13.6 Å². The minimum Gasteiger partial charge on any atom is -0.373 e.